The van der Waals surface area contributed by atoms with E-state index in [1.807, 2.05) is 0 Å². The molecule has 17 unspecified atom stereocenters. The number of carbonyl (C=O) groups is 1. The first-order chi connectivity index (χ1) is 34.3. The average molecular weight is 1020 g/mol. The standard InChI is InChI=1S/C52H95NO18/c1-3-5-7-9-11-12-13-14-15-16-17-18-19-20-21-22-24-26-28-30-40(58)53-35(36(57)29-27-25-23-10-8-6-4-2)34-66-50-46(64)43(61)48(38(32-55)68-50)71-52-47(65)44(62)49(39(33-56)69-52)70-51-45(63)42(60)41(59)37(31-54)67-51/h11-12,14-15,35-39,41-52,54-57,59-65H,3-10,13,16-34H2,1-2H3,(H,53,58)/b12-11-,15-14-. The van der Waals surface area contributed by atoms with Crippen LogP contribution in [-0.2, 0) is 33.2 Å². The maximum absolute atomic E-state index is 13.2. The van der Waals surface area contributed by atoms with Gasteiger partial charge in [-0.2, -0.15) is 0 Å². The summed E-state index contributed by atoms with van der Waals surface area (Å²) in [5, 5.41) is 120. The number of amides is 1. The van der Waals surface area contributed by atoms with Gasteiger partial charge in [0.2, 0.25) is 5.91 Å². The van der Waals surface area contributed by atoms with Crippen molar-refractivity contribution in [3.63, 3.8) is 0 Å². The van der Waals surface area contributed by atoms with Gasteiger partial charge in [0.15, 0.2) is 18.9 Å². The van der Waals surface area contributed by atoms with Gasteiger partial charge in [-0.15, -0.1) is 0 Å². The lowest BCUT2D eigenvalue weighted by Gasteiger charge is -2.48. The molecule has 12 N–H and O–H groups in total. The van der Waals surface area contributed by atoms with E-state index in [1.165, 1.54) is 64.2 Å². The minimum Gasteiger partial charge on any atom is -0.394 e. The van der Waals surface area contributed by atoms with Gasteiger partial charge in [-0.05, 0) is 44.9 Å². The number of aliphatic hydroxyl groups excluding tert-OH is 11. The molecule has 3 fully saturated rings. The third-order valence-electron chi connectivity index (χ3n) is 13.8. The molecule has 0 aliphatic carbocycles. The van der Waals surface area contributed by atoms with Crippen LogP contribution in [0.1, 0.15) is 168 Å². The van der Waals surface area contributed by atoms with E-state index >= 15 is 0 Å². The number of hydrogen-bond acceptors (Lipinski definition) is 18. The fourth-order valence-electron chi connectivity index (χ4n) is 9.22. The lowest BCUT2D eigenvalue weighted by Crippen LogP contribution is -2.66. The Balaban J connectivity index is 1.48. The first-order valence-corrected chi connectivity index (χ1v) is 27.1. The van der Waals surface area contributed by atoms with Gasteiger partial charge in [-0.25, -0.2) is 0 Å². The highest BCUT2D eigenvalue weighted by molar-refractivity contribution is 5.76. The molecule has 0 radical (unpaired) electrons. The average Bonchev–Trinajstić information content (AvgIpc) is 3.36. The third-order valence-corrected chi connectivity index (χ3v) is 13.8. The maximum atomic E-state index is 13.2. The molecule has 0 aromatic rings. The minimum absolute atomic E-state index is 0.253. The number of aliphatic hydroxyl groups is 11. The first-order valence-electron chi connectivity index (χ1n) is 27.1. The van der Waals surface area contributed by atoms with Gasteiger partial charge in [-0.1, -0.05) is 141 Å². The Morgan fingerprint density at radius 1 is 0.507 bits per heavy atom. The molecule has 19 nitrogen and oxygen atoms in total. The molecule has 0 aromatic heterocycles. The zero-order valence-corrected chi connectivity index (χ0v) is 42.7. The van der Waals surface area contributed by atoms with E-state index in [0.717, 1.165) is 70.6 Å². The topological polar surface area (TPSA) is 307 Å². The highest BCUT2D eigenvalue weighted by Crippen LogP contribution is 2.33. The number of ether oxygens (including phenoxy) is 6. The number of unbranched alkanes of at least 4 members (excludes halogenated alkanes) is 18. The van der Waals surface area contributed by atoms with Gasteiger partial charge >= 0.3 is 0 Å². The number of hydrogen-bond donors (Lipinski definition) is 12. The van der Waals surface area contributed by atoms with Crippen molar-refractivity contribution in [1.29, 1.82) is 0 Å². The van der Waals surface area contributed by atoms with Crippen LogP contribution >= 0.6 is 0 Å². The van der Waals surface area contributed by atoms with E-state index in [4.69, 9.17) is 28.4 Å². The SMILES string of the molecule is CCCCC/C=C\C/C=C\CCCCCCCCCCCC(=O)NC(COC1OC(CO)C(OC2OC(CO)C(OC3OC(CO)C(O)C(O)C3O)C(O)C2O)C(O)C1O)C(O)CCCCCCCCC. The van der Waals surface area contributed by atoms with Gasteiger partial charge in [0.05, 0.1) is 38.6 Å². The van der Waals surface area contributed by atoms with Crippen LogP contribution in [0.15, 0.2) is 24.3 Å². The van der Waals surface area contributed by atoms with Crippen LogP contribution in [0, 0.1) is 0 Å². The Labute approximate surface area is 422 Å². The van der Waals surface area contributed by atoms with E-state index in [-0.39, 0.29) is 18.9 Å². The number of carbonyl (C=O) groups excluding carboxylic acids is 1. The lowest BCUT2D eigenvalue weighted by molar-refractivity contribution is -0.379. The summed E-state index contributed by atoms with van der Waals surface area (Å²) in [6, 6.07) is -0.884. The molecule has 3 aliphatic rings. The van der Waals surface area contributed by atoms with Crippen LogP contribution in [0.4, 0.5) is 0 Å². The van der Waals surface area contributed by atoms with Gasteiger partial charge in [0.1, 0.15) is 73.2 Å². The molecule has 1 amide bonds. The van der Waals surface area contributed by atoms with E-state index in [0.29, 0.717) is 12.8 Å². The van der Waals surface area contributed by atoms with Crippen molar-refractivity contribution >= 4 is 5.91 Å². The largest absolute Gasteiger partial charge is 0.394 e. The Morgan fingerprint density at radius 2 is 0.930 bits per heavy atom. The summed E-state index contributed by atoms with van der Waals surface area (Å²) in [5.74, 6) is -0.253. The van der Waals surface area contributed by atoms with Crippen LogP contribution in [0.2, 0.25) is 0 Å². The van der Waals surface area contributed by atoms with E-state index in [2.05, 4.69) is 43.5 Å². The Hall–Kier alpha value is -1.73. The van der Waals surface area contributed by atoms with Gasteiger partial charge in [0, 0.05) is 6.42 Å². The molecule has 3 rings (SSSR count). The normalized spacial score (nSPS) is 32.4. The monoisotopic (exact) mass is 1020 g/mol. The Bertz CT molecular complexity index is 1410. The number of nitrogens with one attached hydrogen (secondary N) is 1. The molecule has 0 saturated carbocycles. The fraction of sp³-hybridized carbons (Fsp3) is 0.904. The summed E-state index contributed by atoms with van der Waals surface area (Å²) in [4.78, 5) is 13.2. The summed E-state index contributed by atoms with van der Waals surface area (Å²) >= 11 is 0. The van der Waals surface area contributed by atoms with Gasteiger partial charge in [-0.3, -0.25) is 4.79 Å². The zero-order valence-electron chi connectivity index (χ0n) is 42.7. The number of allylic oxidation sites excluding steroid dienone is 4. The third kappa shape index (κ3) is 22.6. The van der Waals surface area contributed by atoms with Crippen molar-refractivity contribution < 1.29 is 89.4 Å². The molecular weight excluding hydrogens is 927 g/mol. The minimum atomic E-state index is -1.97. The van der Waals surface area contributed by atoms with E-state index < -0.39 is 124 Å². The second kappa shape index (κ2) is 37.1. The van der Waals surface area contributed by atoms with Crippen molar-refractivity contribution in [2.24, 2.45) is 0 Å². The van der Waals surface area contributed by atoms with Crippen LogP contribution in [-0.4, -0.2) is 193 Å². The molecule has 0 spiro atoms. The van der Waals surface area contributed by atoms with Gasteiger partial charge in [0.25, 0.3) is 0 Å². The highest BCUT2D eigenvalue weighted by atomic mass is 16.8. The van der Waals surface area contributed by atoms with E-state index in [9.17, 15) is 61.0 Å². The summed E-state index contributed by atoms with van der Waals surface area (Å²) in [7, 11) is 0. The summed E-state index contributed by atoms with van der Waals surface area (Å²) in [5.41, 5.74) is 0. The van der Waals surface area contributed by atoms with Crippen LogP contribution in [0.25, 0.3) is 0 Å². The first kappa shape index (κ1) is 63.6. The second-order valence-electron chi connectivity index (χ2n) is 19.7. The summed E-state index contributed by atoms with van der Waals surface area (Å²) in [6.07, 6.45) is 7.40. The van der Waals surface area contributed by atoms with E-state index in [1.54, 1.807) is 0 Å². The molecule has 19 heteroatoms. The predicted octanol–water partition coefficient (Wildman–Crippen LogP) is 2.81. The van der Waals surface area contributed by atoms with Crippen molar-refractivity contribution in [3.8, 4) is 0 Å². The molecule has 3 heterocycles. The molecule has 416 valence electrons. The van der Waals surface area contributed by atoms with Crippen LogP contribution in [0.3, 0.4) is 0 Å². The van der Waals surface area contributed by atoms with Crippen molar-refractivity contribution in [3.05, 3.63) is 24.3 Å². The molecule has 3 aliphatic heterocycles. The quantitative estimate of drug-likeness (QED) is 0.0313. The number of rotatable bonds is 38. The highest BCUT2D eigenvalue weighted by Gasteiger charge is 2.53. The van der Waals surface area contributed by atoms with Crippen LogP contribution < -0.4 is 5.32 Å². The fourth-order valence-corrected chi connectivity index (χ4v) is 9.22. The predicted molar refractivity (Wildman–Crippen MR) is 263 cm³/mol. The second-order valence-corrected chi connectivity index (χ2v) is 19.7. The summed E-state index contributed by atoms with van der Waals surface area (Å²) in [6.45, 7) is 1.67. The zero-order chi connectivity index (χ0) is 52.0. The molecular formula is C52H95NO18. The molecule has 3 saturated heterocycles. The Kier molecular flexibility index (Phi) is 33.2. The van der Waals surface area contributed by atoms with Gasteiger partial charge < -0.3 is 89.9 Å². The lowest BCUT2D eigenvalue weighted by atomic mass is 9.96. The molecule has 0 aromatic carbocycles. The van der Waals surface area contributed by atoms with Crippen molar-refractivity contribution in [1.82, 2.24) is 5.32 Å². The smallest absolute Gasteiger partial charge is 0.220 e. The van der Waals surface area contributed by atoms with Crippen LogP contribution in [0.5, 0.6) is 0 Å². The summed E-state index contributed by atoms with van der Waals surface area (Å²) < 4.78 is 34.1. The Morgan fingerprint density at radius 3 is 1.46 bits per heavy atom. The molecule has 0 bridgehead atoms. The maximum Gasteiger partial charge on any atom is 0.220 e. The molecule has 71 heavy (non-hydrogen) atoms. The van der Waals surface area contributed by atoms with Crippen molar-refractivity contribution in [2.45, 2.75) is 272 Å². The van der Waals surface area contributed by atoms with Crippen molar-refractivity contribution in [2.75, 3.05) is 26.4 Å². The molecule has 17 atom stereocenters.